The number of nitrogens with two attached hydrogens (primary N) is 1. The van der Waals surface area contributed by atoms with E-state index in [0.717, 1.165) is 43.8 Å². The third-order valence-corrected chi connectivity index (χ3v) is 5.44. The summed E-state index contributed by atoms with van der Waals surface area (Å²) in [4.78, 5) is 19.8. The lowest BCUT2D eigenvalue weighted by Gasteiger charge is -2.32. The molecule has 6 heteroatoms. The highest BCUT2D eigenvalue weighted by molar-refractivity contribution is 7.17. The fourth-order valence-electron chi connectivity index (χ4n) is 3.23. The van der Waals surface area contributed by atoms with Crippen LogP contribution >= 0.6 is 11.3 Å². The van der Waals surface area contributed by atoms with Crippen LogP contribution in [0, 0.1) is 12.8 Å². The number of nitrogen functional groups attached to an aromatic ring is 1. The van der Waals surface area contributed by atoms with Gasteiger partial charge >= 0.3 is 0 Å². The van der Waals surface area contributed by atoms with E-state index < -0.39 is 0 Å². The molecule has 3 rings (SSSR count). The van der Waals surface area contributed by atoms with E-state index in [1.807, 2.05) is 30.0 Å². The predicted molar refractivity (Wildman–Crippen MR) is 101 cm³/mol. The van der Waals surface area contributed by atoms with Crippen LogP contribution in [-0.2, 0) is 6.42 Å². The summed E-state index contributed by atoms with van der Waals surface area (Å²) in [6.45, 7) is 6.21. The van der Waals surface area contributed by atoms with Crippen molar-refractivity contribution in [3.8, 4) is 5.75 Å². The van der Waals surface area contributed by atoms with Crippen molar-refractivity contribution in [2.24, 2.45) is 5.92 Å². The topological polar surface area (TPSA) is 68.5 Å². The lowest BCUT2D eigenvalue weighted by atomic mass is 9.98. The highest BCUT2D eigenvalue weighted by Gasteiger charge is 2.27. The summed E-state index contributed by atoms with van der Waals surface area (Å²) in [6, 6.07) is 8.08. The van der Waals surface area contributed by atoms with Crippen LogP contribution in [0.3, 0.4) is 0 Å². The monoisotopic (exact) mass is 359 g/mol. The molecular formula is C19H25N3O2S. The van der Waals surface area contributed by atoms with Gasteiger partial charge in [0.1, 0.15) is 10.6 Å². The quantitative estimate of drug-likeness (QED) is 0.887. The second-order valence-electron chi connectivity index (χ2n) is 6.57. The number of thiazole rings is 1. The van der Waals surface area contributed by atoms with Crippen LogP contribution in [0.5, 0.6) is 5.75 Å². The van der Waals surface area contributed by atoms with Gasteiger partial charge < -0.3 is 15.4 Å². The zero-order chi connectivity index (χ0) is 17.8. The van der Waals surface area contributed by atoms with Gasteiger partial charge in [-0.15, -0.1) is 0 Å². The normalized spacial score (nSPS) is 17.5. The third kappa shape index (κ3) is 4.31. The zero-order valence-corrected chi connectivity index (χ0v) is 15.6. The Morgan fingerprint density at radius 2 is 2.32 bits per heavy atom. The van der Waals surface area contributed by atoms with E-state index in [2.05, 4.69) is 18.0 Å². The largest absolute Gasteiger partial charge is 0.493 e. The van der Waals surface area contributed by atoms with Gasteiger partial charge in [0.15, 0.2) is 5.13 Å². The Morgan fingerprint density at radius 3 is 3.08 bits per heavy atom. The zero-order valence-electron chi connectivity index (χ0n) is 14.8. The van der Waals surface area contributed by atoms with Crippen molar-refractivity contribution < 1.29 is 9.53 Å². The van der Waals surface area contributed by atoms with Gasteiger partial charge in [0, 0.05) is 19.0 Å². The number of aromatic nitrogens is 1. The van der Waals surface area contributed by atoms with Crippen molar-refractivity contribution in [1.82, 2.24) is 9.88 Å². The van der Waals surface area contributed by atoms with Crippen molar-refractivity contribution >= 4 is 22.4 Å². The first-order valence-corrected chi connectivity index (χ1v) is 9.62. The molecule has 1 aromatic carbocycles. The molecule has 0 saturated carbocycles. The summed E-state index contributed by atoms with van der Waals surface area (Å²) in [5.41, 5.74) is 7.79. The fraction of sp³-hybridized carbons (Fsp3) is 0.474. The maximum Gasteiger partial charge on any atom is 0.265 e. The lowest BCUT2D eigenvalue weighted by molar-refractivity contribution is 0.0637. The molecule has 1 amide bonds. The summed E-state index contributed by atoms with van der Waals surface area (Å²) in [5.74, 6) is 1.31. The molecule has 2 aromatic rings. The average Bonchev–Trinajstić information content (AvgIpc) is 3.00. The van der Waals surface area contributed by atoms with Crippen LogP contribution in [0.15, 0.2) is 24.3 Å². The number of anilines is 1. The first-order chi connectivity index (χ1) is 12.1. The smallest absolute Gasteiger partial charge is 0.265 e. The van der Waals surface area contributed by atoms with E-state index in [1.54, 1.807) is 0 Å². The number of amides is 1. The van der Waals surface area contributed by atoms with Gasteiger partial charge in [-0.1, -0.05) is 30.4 Å². The minimum Gasteiger partial charge on any atom is -0.493 e. The van der Waals surface area contributed by atoms with Crippen molar-refractivity contribution in [1.29, 1.82) is 0 Å². The molecule has 1 saturated heterocycles. The van der Waals surface area contributed by atoms with E-state index in [4.69, 9.17) is 10.5 Å². The molecule has 0 bridgehead atoms. The first-order valence-electron chi connectivity index (χ1n) is 8.80. The van der Waals surface area contributed by atoms with Crippen molar-refractivity contribution in [2.75, 3.05) is 25.4 Å². The molecule has 0 unspecified atom stereocenters. The van der Waals surface area contributed by atoms with E-state index in [9.17, 15) is 4.79 Å². The second-order valence-corrected chi connectivity index (χ2v) is 7.60. The predicted octanol–water partition coefficient (Wildman–Crippen LogP) is 3.53. The highest BCUT2D eigenvalue weighted by atomic mass is 32.1. The van der Waals surface area contributed by atoms with Crippen LogP contribution < -0.4 is 10.5 Å². The van der Waals surface area contributed by atoms with Crippen LogP contribution in [0.4, 0.5) is 5.13 Å². The second kappa shape index (κ2) is 7.87. The molecule has 0 aliphatic carbocycles. The number of aryl methyl sites for hydroxylation is 2. The van der Waals surface area contributed by atoms with Crippen LogP contribution in [0.25, 0.3) is 0 Å². The number of ether oxygens (including phenoxy) is 1. The Kier molecular flexibility index (Phi) is 5.58. The summed E-state index contributed by atoms with van der Waals surface area (Å²) in [5, 5.41) is 0.469. The van der Waals surface area contributed by atoms with Crippen molar-refractivity contribution in [2.45, 2.75) is 33.1 Å². The van der Waals surface area contributed by atoms with Gasteiger partial charge in [-0.25, -0.2) is 4.98 Å². The Labute approximate surface area is 152 Å². The standard InChI is InChI=1S/C19H25N3O2S/c1-3-16-17(25-19(20)21-16)18(23)22-9-5-7-14(11-22)12-24-15-8-4-6-13(2)10-15/h4,6,8,10,14H,3,5,7,9,11-12H2,1-2H3,(H2,20,21)/t14-/m0/s1. The highest BCUT2D eigenvalue weighted by Crippen LogP contribution is 2.26. The van der Waals surface area contributed by atoms with E-state index in [0.29, 0.717) is 22.5 Å². The van der Waals surface area contributed by atoms with Gasteiger partial charge in [0.05, 0.1) is 12.3 Å². The number of likely N-dealkylation sites (tertiary alicyclic amines) is 1. The Balaban J connectivity index is 1.61. The molecule has 0 radical (unpaired) electrons. The van der Waals surface area contributed by atoms with Gasteiger partial charge in [0.25, 0.3) is 5.91 Å². The molecule has 25 heavy (non-hydrogen) atoms. The summed E-state index contributed by atoms with van der Waals surface area (Å²) in [6.07, 6.45) is 2.81. The number of carbonyl (C=O) groups is 1. The molecule has 0 spiro atoms. The van der Waals surface area contributed by atoms with Crippen LogP contribution in [0.1, 0.15) is 40.7 Å². The SMILES string of the molecule is CCc1nc(N)sc1C(=O)N1CCC[C@H](COc2cccc(C)c2)C1. The average molecular weight is 359 g/mol. The number of piperidine rings is 1. The Bertz CT molecular complexity index is 744. The molecule has 2 N–H and O–H groups in total. The number of hydrogen-bond donors (Lipinski definition) is 1. The molecule has 1 aliphatic heterocycles. The van der Waals surface area contributed by atoms with E-state index in [-0.39, 0.29) is 5.91 Å². The number of nitrogens with zero attached hydrogens (tertiary/aromatic N) is 2. The molecular weight excluding hydrogens is 334 g/mol. The van der Waals surface area contributed by atoms with Crippen LogP contribution in [0.2, 0.25) is 0 Å². The maximum absolute atomic E-state index is 12.9. The maximum atomic E-state index is 12.9. The molecule has 2 heterocycles. The number of rotatable bonds is 5. The fourth-order valence-corrected chi connectivity index (χ4v) is 4.11. The van der Waals surface area contributed by atoms with Gasteiger partial charge in [-0.2, -0.15) is 0 Å². The Hall–Kier alpha value is -2.08. The number of carbonyl (C=O) groups excluding carboxylic acids is 1. The molecule has 5 nitrogen and oxygen atoms in total. The molecule has 134 valence electrons. The number of benzene rings is 1. The summed E-state index contributed by atoms with van der Waals surface area (Å²) in [7, 11) is 0. The minimum atomic E-state index is 0.0614. The molecule has 1 aromatic heterocycles. The molecule has 1 aliphatic rings. The number of hydrogen-bond acceptors (Lipinski definition) is 5. The van der Waals surface area contributed by atoms with Crippen molar-refractivity contribution in [3.05, 3.63) is 40.4 Å². The van der Waals surface area contributed by atoms with E-state index in [1.165, 1.54) is 16.9 Å². The first kappa shape index (κ1) is 17.7. The molecule has 1 atom stereocenters. The lowest BCUT2D eigenvalue weighted by Crippen LogP contribution is -2.41. The van der Waals surface area contributed by atoms with Gasteiger partial charge in [0.2, 0.25) is 0 Å². The minimum absolute atomic E-state index is 0.0614. The van der Waals surface area contributed by atoms with Crippen LogP contribution in [-0.4, -0.2) is 35.5 Å². The molecule has 1 fully saturated rings. The third-order valence-electron chi connectivity index (χ3n) is 4.52. The summed E-state index contributed by atoms with van der Waals surface area (Å²) >= 11 is 1.30. The summed E-state index contributed by atoms with van der Waals surface area (Å²) < 4.78 is 5.94. The Morgan fingerprint density at radius 1 is 1.48 bits per heavy atom. The van der Waals surface area contributed by atoms with Gasteiger partial charge in [-0.3, -0.25) is 4.79 Å². The van der Waals surface area contributed by atoms with E-state index >= 15 is 0 Å². The van der Waals surface area contributed by atoms with Gasteiger partial charge in [-0.05, 0) is 43.9 Å². The van der Waals surface area contributed by atoms with Crippen molar-refractivity contribution in [3.63, 3.8) is 0 Å².